The van der Waals surface area contributed by atoms with E-state index in [1.54, 1.807) is 12.1 Å². The minimum atomic E-state index is -0.929. The van der Waals surface area contributed by atoms with E-state index in [4.69, 9.17) is 26.2 Å². The molecule has 0 spiro atoms. The number of methoxy groups -OCH3 is 1. The third kappa shape index (κ3) is 6.52. The number of piperidine rings is 1. The largest absolute Gasteiger partial charge is 0.493 e. The first kappa shape index (κ1) is 28.6. The zero-order valence-corrected chi connectivity index (χ0v) is 20.9. The van der Waals surface area contributed by atoms with Gasteiger partial charge in [0.25, 0.3) is 0 Å². The Morgan fingerprint density at radius 3 is 2.57 bits per heavy atom. The minimum Gasteiger partial charge on any atom is -0.493 e. The fourth-order valence-corrected chi connectivity index (χ4v) is 3.89. The number of halogens is 5. The third-order valence-corrected chi connectivity index (χ3v) is 5.74. The van der Waals surface area contributed by atoms with Gasteiger partial charge in [0.15, 0.2) is 17.3 Å². The molecule has 0 amide bonds. The van der Waals surface area contributed by atoms with Gasteiger partial charge >= 0.3 is 5.97 Å². The maximum absolute atomic E-state index is 14.4. The molecular formula is C22H23Cl3F2N4O4. The molecule has 8 nitrogen and oxygen atoms in total. The highest BCUT2D eigenvalue weighted by atomic mass is 35.5. The second-order valence-electron chi connectivity index (χ2n) is 7.58. The van der Waals surface area contributed by atoms with E-state index in [2.05, 4.69) is 15.3 Å². The summed E-state index contributed by atoms with van der Waals surface area (Å²) in [5.41, 5.74) is 0.493. The zero-order chi connectivity index (χ0) is 23.5. The van der Waals surface area contributed by atoms with Crippen LogP contribution in [0.2, 0.25) is 5.02 Å². The minimum absolute atomic E-state index is 0. The van der Waals surface area contributed by atoms with E-state index in [0.29, 0.717) is 48.3 Å². The average molecular weight is 552 g/mol. The topological polar surface area (TPSA) is 96.8 Å². The number of aliphatic carboxylic acids is 1. The standard InChI is InChI=1S/C22H21ClF2N4O4.2ClH/c1-32-17-9-16-13(8-18(17)33-12-4-6-29(7-5-12)10-19(30)31)22(27-11-26-16)28-15-3-2-14(24)20(23)21(15)25;;/h2-3,8-9,11-12H,4-7,10H2,1H3,(H,30,31)(H,26,27,28);2*1H. The first-order valence-corrected chi connectivity index (χ1v) is 10.6. The fraction of sp³-hybridized carbons (Fsp3) is 0.318. The molecule has 0 bridgehead atoms. The maximum Gasteiger partial charge on any atom is 0.317 e. The van der Waals surface area contributed by atoms with Crippen molar-refractivity contribution in [3.05, 3.63) is 47.2 Å². The van der Waals surface area contributed by atoms with Crippen LogP contribution in [0.5, 0.6) is 11.5 Å². The number of aromatic nitrogens is 2. The lowest BCUT2D eigenvalue weighted by Crippen LogP contribution is -2.40. The molecular weight excluding hydrogens is 529 g/mol. The highest BCUT2D eigenvalue weighted by Gasteiger charge is 2.24. The molecule has 1 aromatic heterocycles. The predicted molar refractivity (Wildman–Crippen MR) is 133 cm³/mol. The monoisotopic (exact) mass is 550 g/mol. The van der Waals surface area contributed by atoms with Crippen LogP contribution in [0.4, 0.5) is 20.3 Å². The van der Waals surface area contributed by atoms with Crippen molar-refractivity contribution in [3.63, 3.8) is 0 Å². The molecule has 2 aromatic carbocycles. The summed E-state index contributed by atoms with van der Waals surface area (Å²) in [6, 6.07) is 5.68. The lowest BCUT2D eigenvalue weighted by atomic mass is 10.1. The molecule has 190 valence electrons. The fourth-order valence-electron chi connectivity index (χ4n) is 3.72. The number of nitrogens with one attached hydrogen (secondary N) is 1. The molecule has 0 atom stereocenters. The van der Waals surface area contributed by atoms with Crippen molar-refractivity contribution in [2.45, 2.75) is 18.9 Å². The summed E-state index contributed by atoms with van der Waals surface area (Å²) in [6.07, 6.45) is 2.50. The smallest absolute Gasteiger partial charge is 0.317 e. The van der Waals surface area contributed by atoms with Crippen molar-refractivity contribution in [2.24, 2.45) is 0 Å². The average Bonchev–Trinajstić information content (AvgIpc) is 2.80. The van der Waals surface area contributed by atoms with Crippen molar-refractivity contribution in [2.75, 3.05) is 32.1 Å². The highest BCUT2D eigenvalue weighted by Crippen LogP contribution is 2.37. The molecule has 2 N–H and O–H groups in total. The van der Waals surface area contributed by atoms with Crippen LogP contribution in [-0.4, -0.2) is 58.8 Å². The van der Waals surface area contributed by atoms with Crippen LogP contribution in [0.3, 0.4) is 0 Å². The van der Waals surface area contributed by atoms with Gasteiger partial charge < -0.3 is 19.9 Å². The Morgan fingerprint density at radius 2 is 1.91 bits per heavy atom. The van der Waals surface area contributed by atoms with Crippen molar-refractivity contribution in [3.8, 4) is 11.5 Å². The summed E-state index contributed by atoms with van der Waals surface area (Å²) in [5.74, 6) is -1.44. The van der Waals surface area contributed by atoms with Crippen LogP contribution < -0.4 is 14.8 Å². The van der Waals surface area contributed by atoms with Gasteiger partial charge in [0.05, 0.1) is 24.9 Å². The summed E-state index contributed by atoms with van der Waals surface area (Å²) in [6.45, 7) is 1.21. The quantitative estimate of drug-likeness (QED) is 0.392. The van der Waals surface area contributed by atoms with E-state index >= 15 is 0 Å². The van der Waals surface area contributed by atoms with E-state index in [0.717, 1.165) is 6.07 Å². The molecule has 0 unspecified atom stereocenters. The van der Waals surface area contributed by atoms with Crippen molar-refractivity contribution in [1.82, 2.24) is 14.9 Å². The Kier molecular flexibility index (Phi) is 10.1. The third-order valence-electron chi connectivity index (χ3n) is 5.40. The number of fused-ring (bicyclic) bond motifs is 1. The van der Waals surface area contributed by atoms with Crippen LogP contribution in [0.25, 0.3) is 10.9 Å². The van der Waals surface area contributed by atoms with Gasteiger partial charge in [0.1, 0.15) is 29.1 Å². The van der Waals surface area contributed by atoms with Crippen LogP contribution >= 0.6 is 36.4 Å². The summed E-state index contributed by atoms with van der Waals surface area (Å²) < 4.78 is 39.5. The molecule has 0 radical (unpaired) electrons. The number of hydrogen-bond acceptors (Lipinski definition) is 7. The van der Waals surface area contributed by atoms with Gasteiger partial charge in [0.2, 0.25) is 0 Å². The van der Waals surface area contributed by atoms with Gasteiger partial charge in [-0.15, -0.1) is 24.8 Å². The summed E-state index contributed by atoms with van der Waals surface area (Å²) >= 11 is 5.68. The van der Waals surface area contributed by atoms with E-state index in [1.165, 1.54) is 19.5 Å². The molecule has 2 heterocycles. The maximum atomic E-state index is 14.4. The number of benzene rings is 2. The number of ether oxygens (including phenoxy) is 2. The molecule has 1 aliphatic heterocycles. The van der Waals surface area contributed by atoms with Gasteiger partial charge in [-0.3, -0.25) is 9.69 Å². The normalized spacial score (nSPS) is 14.1. The number of carboxylic acid groups (broad SMARTS) is 1. The SMILES string of the molecule is COc1cc2ncnc(Nc3ccc(F)c(Cl)c3F)c2cc1OC1CCN(CC(=O)O)CC1.Cl.Cl. The zero-order valence-electron chi connectivity index (χ0n) is 18.5. The molecule has 35 heavy (non-hydrogen) atoms. The Morgan fingerprint density at radius 1 is 1.20 bits per heavy atom. The number of rotatable bonds is 7. The lowest BCUT2D eigenvalue weighted by molar-refractivity contribution is -0.138. The molecule has 4 rings (SSSR count). The summed E-state index contributed by atoms with van der Waals surface area (Å²) in [4.78, 5) is 21.2. The predicted octanol–water partition coefficient (Wildman–Crippen LogP) is 5.09. The number of hydrogen-bond donors (Lipinski definition) is 2. The number of likely N-dealkylation sites (tertiary alicyclic amines) is 1. The van der Waals surface area contributed by atoms with Gasteiger partial charge in [-0.05, 0) is 31.0 Å². The first-order chi connectivity index (χ1) is 15.9. The molecule has 3 aromatic rings. The van der Waals surface area contributed by atoms with Gasteiger partial charge in [-0.25, -0.2) is 18.7 Å². The van der Waals surface area contributed by atoms with E-state index in [-0.39, 0.29) is 49.0 Å². The Balaban J connectivity index is 0.00000216. The number of nitrogens with zero attached hydrogens (tertiary/aromatic N) is 3. The molecule has 13 heteroatoms. The Labute approximate surface area is 217 Å². The molecule has 1 aliphatic rings. The van der Waals surface area contributed by atoms with E-state index in [9.17, 15) is 13.6 Å². The van der Waals surface area contributed by atoms with Gasteiger partial charge in [0, 0.05) is 24.5 Å². The van der Waals surface area contributed by atoms with Crippen LogP contribution in [0.1, 0.15) is 12.8 Å². The number of carboxylic acids is 1. The lowest BCUT2D eigenvalue weighted by Gasteiger charge is -2.31. The molecule has 1 saturated heterocycles. The summed E-state index contributed by atoms with van der Waals surface area (Å²) in [7, 11) is 1.51. The van der Waals surface area contributed by atoms with Gasteiger partial charge in [-0.1, -0.05) is 11.6 Å². The Bertz CT molecular complexity index is 1200. The van der Waals surface area contributed by atoms with E-state index < -0.39 is 22.6 Å². The number of carbonyl (C=O) groups is 1. The second kappa shape index (κ2) is 12.3. The van der Waals surface area contributed by atoms with Crippen molar-refractivity contribution >= 4 is 64.8 Å². The molecule has 0 aliphatic carbocycles. The van der Waals surface area contributed by atoms with E-state index in [1.807, 2.05) is 4.90 Å². The van der Waals surface area contributed by atoms with Crippen molar-refractivity contribution in [1.29, 1.82) is 0 Å². The molecule has 0 saturated carbocycles. The van der Waals surface area contributed by atoms with Crippen molar-refractivity contribution < 1.29 is 28.2 Å². The van der Waals surface area contributed by atoms with Gasteiger partial charge in [-0.2, -0.15) is 0 Å². The second-order valence-corrected chi connectivity index (χ2v) is 7.96. The highest BCUT2D eigenvalue weighted by molar-refractivity contribution is 6.31. The van der Waals surface area contributed by atoms with Crippen LogP contribution in [-0.2, 0) is 4.79 Å². The van der Waals surface area contributed by atoms with Crippen LogP contribution in [0, 0.1) is 11.6 Å². The number of anilines is 2. The van der Waals surface area contributed by atoms with Crippen LogP contribution in [0.15, 0.2) is 30.6 Å². The molecule has 1 fully saturated rings. The Hall–Kier alpha value is -2.66. The first-order valence-electron chi connectivity index (χ1n) is 10.2. The summed E-state index contributed by atoms with van der Waals surface area (Å²) in [5, 5.41) is 11.7.